The number of rotatable bonds is 7. The van der Waals surface area contributed by atoms with E-state index in [2.05, 4.69) is 5.32 Å². The molecular weight excluding hydrogens is 334 g/mol. The van der Waals surface area contributed by atoms with Crippen LogP contribution in [-0.4, -0.2) is 32.7 Å². The minimum Gasteiger partial charge on any atom is -0.497 e. The second-order valence-electron chi connectivity index (χ2n) is 5.47. The van der Waals surface area contributed by atoms with Crippen LogP contribution in [0.25, 0.3) is 6.08 Å². The molecule has 6 nitrogen and oxygen atoms in total. The monoisotopic (exact) mass is 355 g/mol. The number of carbonyl (C=O) groups is 2. The van der Waals surface area contributed by atoms with Gasteiger partial charge in [0.15, 0.2) is 6.61 Å². The molecule has 0 heterocycles. The maximum atomic E-state index is 11.8. The zero-order valence-corrected chi connectivity index (χ0v) is 14.9. The summed E-state index contributed by atoms with van der Waals surface area (Å²) in [5.41, 5.74) is 2.37. The molecule has 0 saturated carbocycles. The van der Waals surface area contributed by atoms with E-state index >= 15 is 0 Å². The molecule has 0 unspecified atom stereocenters. The number of ether oxygens (including phenoxy) is 3. The fourth-order valence-corrected chi connectivity index (χ4v) is 2.22. The summed E-state index contributed by atoms with van der Waals surface area (Å²) < 4.78 is 15.3. The lowest BCUT2D eigenvalue weighted by molar-refractivity contribution is -0.142. The van der Waals surface area contributed by atoms with E-state index in [-0.39, 0.29) is 6.61 Å². The highest BCUT2D eigenvalue weighted by atomic mass is 16.5. The Hall–Kier alpha value is -3.28. The normalized spacial score (nSPS) is 10.4. The summed E-state index contributed by atoms with van der Waals surface area (Å²) in [4.78, 5) is 23.6. The second kappa shape index (κ2) is 9.27. The Labute approximate surface area is 152 Å². The van der Waals surface area contributed by atoms with E-state index in [1.807, 2.05) is 25.1 Å². The lowest BCUT2D eigenvalue weighted by Gasteiger charge is -2.07. The van der Waals surface area contributed by atoms with Crippen LogP contribution in [0.2, 0.25) is 0 Å². The molecule has 0 spiro atoms. The van der Waals surface area contributed by atoms with Gasteiger partial charge in [-0.05, 0) is 42.8 Å². The minimum absolute atomic E-state index is 0.364. The molecule has 2 aromatic rings. The van der Waals surface area contributed by atoms with Crippen molar-refractivity contribution in [3.8, 4) is 11.5 Å². The molecule has 26 heavy (non-hydrogen) atoms. The molecule has 0 atom stereocenters. The standard InChI is InChI=1S/C20H21NO5/c1-14-5-4-6-16(11-14)21-19(22)13-26-20(23)10-8-15-7-9-17(24-2)12-18(15)25-3/h4-12H,13H2,1-3H3,(H,21,22)/b10-8+. The molecule has 2 rings (SSSR count). The van der Waals surface area contributed by atoms with Crippen molar-refractivity contribution in [2.75, 3.05) is 26.1 Å². The highest BCUT2D eigenvalue weighted by Gasteiger charge is 2.07. The predicted octanol–water partition coefficient (Wildman–Crippen LogP) is 3.21. The number of nitrogens with one attached hydrogen (secondary N) is 1. The Bertz CT molecular complexity index is 814. The molecule has 0 aliphatic rings. The number of benzene rings is 2. The van der Waals surface area contributed by atoms with Gasteiger partial charge in [0.25, 0.3) is 5.91 Å². The number of esters is 1. The smallest absolute Gasteiger partial charge is 0.331 e. The van der Waals surface area contributed by atoms with Gasteiger partial charge in [-0.1, -0.05) is 12.1 Å². The lowest BCUT2D eigenvalue weighted by Crippen LogP contribution is -2.20. The van der Waals surface area contributed by atoms with E-state index in [9.17, 15) is 9.59 Å². The van der Waals surface area contributed by atoms with E-state index in [1.54, 1.807) is 37.5 Å². The SMILES string of the molecule is COc1ccc(/C=C/C(=O)OCC(=O)Nc2cccc(C)c2)c(OC)c1. The average Bonchev–Trinajstić information content (AvgIpc) is 2.64. The number of methoxy groups -OCH3 is 2. The van der Waals surface area contributed by atoms with Crippen molar-refractivity contribution in [2.24, 2.45) is 0 Å². The van der Waals surface area contributed by atoms with Crippen LogP contribution in [0.3, 0.4) is 0 Å². The first-order valence-corrected chi connectivity index (χ1v) is 7.95. The van der Waals surface area contributed by atoms with Crippen molar-refractivity contribution < 1.29 is 23.8 Å². The first-order chi connectivity index (χ1) is 12.5. The number of hydrogen-bond donors (Lipinski definition) is 1. The fourth-order valence-electron chi connectivity index (χ4n) is 2.22. The highest BCUT2D eigenvalue weighted by Crippen LogP contribution is 2.25. The maximum Gasteiger partial charge on any atom is 0.331 e. The number of amides is 1. The van der Waals surface area contributed by atoms with Crippen molar-refractivity contribution in [2.45, 2.75) is 6.92 Å². The molecule has 0 bridgehead atoms. The summed E-state index contributed by atoms with van der Waals surface area (Å²) in [5.74, 6) is 0.182. The molecule has 1 amide bonds. The Morgan fingerprint density at radius 1 is 1.08 bits per heavy atom. The number of anilines is 1. The van der Waals surface area contributed by atoms with Gasteiger partial charge in [-0.15, -0.1) is 0 Å². The molecule has 0 aliphatic heterocycles. The molecule has 0 saturated heterocycles. The van der Waals surface area contributed by atoms with Gasteiger partial charge in [0, 0.05) is 23.4 Å². The number of hydrogen-bond acceptors (Lipinski definition) is 5. The van der Waals surface area contributed by atoms with Crippen LogP contribution in [0, 0.1) is 6.92 Å². The maximum absolute atomic E-state index is 11.8. The van der Waals surface area contributed by atoms with E-state index < -0.39 is 11.9 Å². The number of aryl methyl sites for hydroxylation is 1. The first kappa shape index (κ1) is 19.1. The third-order valence-corrected chi connectivity index (χ3v) is 3.49. The van der Waals surface area contributed by atoms with Crippen LogP contribution in [0.15, 0.2) is 48.5 Å². The van der Waals surface area contributed by atoms with E-state index in [0.29, 0.717) is 22.7 Å². The third kappa shape index (κ3) is 5.66. The van der Waals surface area contributed by atoms with Crippen molar-refractivity contribution >= 4 is 23.6 Å². The van der Waals surface area contributed by atoms with E-state index in [0.717, 1.165) is 5.56 Å². The van der Waals surface area contributed by atoms with E-state index in [1.165, 1.54) is 13.2 Å². The largest absolute Gasteiger partial charge is 0.497 e. The summed E-state index contributed by atoms with van der Waals surface area (Å²) in [7, 11) is 3.09. The molecule has 0 fully saturated rings. The molecule has 136 valence electrons. The fraction of sp³-hybridized carbons (Fsp3) is 0.200. The van der Waals surface area contributed by atoms with Crippen molar-refractivity contribution in [3.63, 3.8) is 0 Å². The summed E-state index contributed by atoms with van der Waals surface area (Å²) in [6, 6.07) is 12.6. The van der Waals surface area contributed by atoms with Crippen molar-refractivity contribution in [1.82, 2.24) is 0 Å². The topological polar surface area (TPSA) is 73.9 Å². The van der Waals surface area contributed by atoms with Gasteiger partial charge in [-0.3, -0.25) is 4.79 Å². The number of carbonyl (C=O) groups excluding carboxylic acids is 2. The van der Waals surface area contributed by atoms with Crippen molar-refractivity contribution in [3.05, 3.63) is 59.7 Å². The molecule has 0 aliphatic carbocycles. The summed E-state index contributed by atoms with van der Waals surface area (Å²) in [6.45, 7) is 1.56. The van der Waals surface area contributed by atoms with Gasteiger partial charge in [-0.2, -0.15) is 0 Å². The Kier molecular flexibility index (Phi) is 6.79. The van der Waals surface area contributed by atoms with Gasteiger partial charge in [0.05, 0.1) is 14.2 Å². The zero-order valence-electron chi connectivity index (χ0n) is 14.9. The minimum atomic E-state index is -0.623. The lowest BCUT2D eigenvalue weighted by atomic mass is 10.2. The molecular formula is C20H21NO5. The van der Waals surface area contributed by atoms with Gasteiger partial charge >= 0.3 is 5.97 Å². The van der Waals surface area contributed by atoms with Gasteiger partial charge in [0.1, 0.15) is 11.5 Å². The van der Waals surface area contributed by atoms with Crippen LogP contribution >= 0.6 is 0 Å². The molecule has 0 aromatic heterocycles. The average molecular weight is 355 g/mol. The van der Waals surface area contributed by atoms with Crippen LogP contribution in [0.5, 0.6) is 11.5 Å². The van der Waals surface area contributed by atoms with E-state index in [4.69, 9.17) is 14.2 Å². The van der Waals surface area contributed by atoms with Gasteiger partial charge in [0.2, 0.25) is 0 Å². The summed E-state index contributed by atoms with van der Waals surface area (Å²) in [6.07, 6.45) is 2.79. The zero-order chi connectivity index (χ0) is 18.9. The first-order valence-electron chi connectivity index (χ1n) is 7.95. The van der Waals surface area contributed by atoms with Gasteiger partial charge in [-0.25, -0.2) is 4.79 Å². The highest BCUT2D eigenvalue weighted by molar-refractivity contribution is 5.94. The van der Waals surface area contributed by atoms with Crippen molar-refractivity contribution in [1.29, 1.82) is 0 Å². The third-order valence-electron chi connectivity index (χ3n) is 3.49. The van der Waals surface area contributed by atoms with Crippen LogP contribution in [-0.2, 0) is 14.3 Å². The Morgan fingerprint density at radius 3 is 2.58 bits per heavy atom. The van der Waals surface area contributed by atoms with Crippen LogP contribution in [0.4, 0.5) is 5.69 Å². The molecule has 1 N–H and O–H groups in total. The Balaban J connectivity index is 1.88. The van der Waals surface area contributed by atoms with Crippen LogP contribution < -0.4 is 14.8 Å². The second-order valence-corrected chi connectivity index (χ2v) is 5.47. The molecule has 2 aromatic carbocycles. The molecule has 0 radical (unpaired) electrons. The predicted molar refractivity (Wildman–Crippen MR) is 99.3 cm³/mol. The van der Waals surface area contributed by atoms with Gasteiger partial charge < -0.3 is 19.5 Å². The molecule has 6 heteroatoms. The summed E-state index contributed by atoms with van der Waals surface area (Å²) >= 11 is 0. The van der Waals surface area contributed by atoms with Crippen LogP contribution in [0.1, 0.15) is 11.1 Å². The Morgan fingerprint density at radius 2 is 1.88 bits per heavy atom. The quantitative estimate of drug-likeness (QED) is 0.610. The summed E-state index contributed by atoms with van der Waals surface area (Å²) in [5, 5.41) is 2.67.